The summed E-state index contributed by atoms with van der Waals surface area (Å²) < 4.78 is 0.951. The van der Waals surface area contributed by atoms with Crippen molar-refractivity contribution in [2.75, 3.05) is 25.6 Å². The van der Waals surface area contributed by atoms with E-state index < -0.39 is 0 Å². The first-order chi connectivity index (χ1) is 8.58. The number of hydrogen-bond acceptors (Lipinski definition) is 3. The number of ketones is 1. The van der Waals surface area contributed by atoms with Crippen molar-refractivity contribution in [1.29, 1.82) is 0 Å². The molecule has 18 heavy (non-hydrogen) atoms. The smallest absolute Gasteiger partial charge is 0.176 e. The zero-order chi connectivity index (χ0) is 13.5. The normalized spacial score (nSPS) is 12.7. The Morgan fingerprint density at radius 3 is 2.78 bits per heavy atom. The Balaban J connectivity index is 2.63. The molecule has 2 nitrogen and oxygen atoms in total. The predicted molar refractivity (Wildman–Crippen MR) is 83.6 cm³/mol. The molecular weight excluding hydrogens is 310 g/mol. The van der Waals surface area contributed by atoms with Gasteiger partial charge < -0.3 is 0 Å². The van der Waals surface area contributed by atoms with E-state index in [9.17, 15) is 4.79 Å². The Kier molecular flexibility index (Phi) is 6.97. The Morgan fingerprint density at radius 2 is 2.22 bits per heavy atom. The number of rotatable bonds is 7. The number of nitrogens with zero attached hydrogens (tertiary/aromatic N) is 1. The molecule has 0 aromatic heterocycles. The first-order valence-electron chi connectivity index (χ1n) is 6.06. The van der Waals surface area contributed by atoms with Crippen LogP contribution in [0.25, 0.3) is 0 Å². The van der Waals surface area contributed by atoms with Gasteiger partial charge in [0, 0.05) is 21.8 Å². The molecule has 0 spiro atoms. The maximum atomic E-state index is 12.2. The molecule has 0 aliphatic rings. The molecule has 1 unspecified atom stereocenters. The van der Waals surface area contributed by atoms with Crippen molar-refractivity contribution in [2.45, 2.75) is 19.4 Å². The Labute approximate surface area is 122 Å². The van der Waals surface area contributed by atoms with E-state index in [1.54, 1.807) is 0 Å². The van der Waals surface area contributed by atoms with E-state index in [1.807, 2.05) is 43.1 Å². The third-order valence-corrected chi connectivity index (χ3v) is 4.20. The second-order valence-corrected chi connectivity index (χ2v) is 6.19. The van der Waals surface area contributed by atoms with Gasteiger partial charge >= 0.3 is 0 Å². The summed E-state index contributed by atoms with van der Waals surface area (Å²) in [6.45, 7) is 2.65. The van der Waals surface area contributed by atoms with Gasteiger partial charge in [-0.2, -0.15) is 11.8 Å². The van der Waals surface area contributed by atoms with Gasteiger partial charge in [0.25, 0.3) is 0 Å². The zero-order valence-corrected chi connectivity index (χ0v) is 13.6. The molecule has 0 amide bonds. The van der Waals surface area contributed by atoms with Crippen LogP contribution in [0.3, 0.4) is 0 Å². The van der Waals surface area contributed by atoms with Gasteiger partial charge in [-0.3, -0.25) is 9.69 Å². The molecule has 4 heteroatoms. The lowest BCUT2D eigenvalue weighted by Crippen LogP contribution is -2.37. The highest BCUT2D eigenvalue weighted by Gasteiger charge is 2.16. The number of likely N-dealkylation sites (N-methyl/N-ethyl adjacent to an activating group) is 1. The fraction of sp³-hybridized carbons (Fsp3) is 0.500. The number of Topliss-reactive ketones (excluding diaryl/α,β-unsaturated/α-hetero) is 1. The molecule has 0 fully saturated rings. The van der Waals surface area contributed by atoms with Gasteiger partial charge in [-0.25, -0.2) is 0 Å². The average Bonchev–Trinajstić information content (AvgIpc) is 2.35. The largest absolute Gasteiger partial charge is 0.295 e. The number of halogens is 1. The van der Waals surface area contributed by atoms with Gasteiger partial charge in [0.1, 0.15) is 0 Å². The van der Waals surface area contributed by atoms with Crippen LogP contribution >= 0.6 is 27.7 Å². The lowest BCUT2D eigenvalue weighted by Gasteiger charge is -2.25. The van der Waals surface area contributed by atoms with Gasteiger partial charge in [0.05, 0.1) is 6.54 Å². The summed E-state index contributed by atoms with van der Waals surface area (Å²) in [4.78, 5) is 14.3. The first-order valence-corrected chi connectivity index (χ1v) is 8.25. The molecule has 1 rings (SSSR count). The van der Waals surface area contributed by atoms with Crippen LogP contribution in [0, 0.1) is 0 Å². The molecule has 1 aromatic carbocycles. The SMILES string of the molecule is CCC(CSC)N(C)CC(=O)c1cccc(Br)c1. The van der Waals surface area contributed by atoms with Crippen molar-refractivity contribution in [1.82, 2.24) is 4.90 Å². The van der Waals surface area contributed by atoms with Crippen LogP contribution in [-0.2, 0) is 0 Å². The van der Waals surface area contributed by atoms with E-state index in [4.69, 9.17) is 0 Å². The number of benzene rings is 1. The Bertz CT molecular complexity index is 397. The van der Waals surface area contributed by atoms with Crippen LogP contribution in [0.2, 0.25) is 0 Å². The van der Waals surface area contributed by atoms with Crippen molar-refractivity contribution >= 4 is 33.5 Å². The molecule has 0 saturated carbocycles. The van der Waals surface area contributed by atoms with Crippen molar-refractivity contribution in [3.8, 4) is 0 Å². The third-order valence-electron chi connectivity index (χ3n) is 2.99. The van der Waals surface area contributed by atoms with Crippen LogP contribution < -0.4 is 0 Å². The van der Waals surface area contributed by atoms with E-state index >= 15 is 0 Å². The number of carbonyl (C=O) groups excluding carboxylic acids is 1. The van der Waals surface area contributed by atoms with Crippen LogP contribution in [0.1, 0.15) is 23.7 Å². The average molecular weight is 330 g/mol. The van der Waals surface area contributed by atoms with Crippen LogP contribution in [-0.4, -0.2) is 42.3 Å². The number of carbonyl (C=O) groups is 1. The van der Waals surface area contributed by atoms with Gasteiger partial charge in [-0.15, -0.1) is 0 Å². The summed E-state index contributed by atoms with van der Waals surface area (Å²) in [5, 5.41) is 0. The summed E-state index contributed by atoms with van der Waals surface area (Å²) >= 11 is 5.22. The molecule has 1 atom stereocenters. The molecule has 0 N–H and O–H groups in total. The monoisotopic (exact) mass is 329 g/mol. The van der Waals surface area contributed by atoms with E-state index in [0.717, 1.165) is 22.2 Å². The lowest BCUT2D eigenvalue weighted by atomic mass is 10.1. The molecule has 0 aliphatic heterocycles. The summed E-state index contributed by atoms with van der Waals surface area (Å²) in [5.74, 6) is 1.25. The van der Waals surface area contributed by atoms with Crippen molar-refractivity contribution in [3.05, 3.63) is 34.3 Å². The Hall–Kier alpha value is -0.320. The second-order valence-electron chi connectivity index (χ2n) is 4.37. The maximum absolute atomic E-state index is 12.2. The highest BCUT2D eigenvalue weighted by Crippen LogP contribution is 2.14. The van der Waals surface area contributed by atoms with E-state index in [0.29, 0.717) is 12.6 Å². The quantitative estimate of drug-likeness (QED) is 0.711. The highest BCUT2D eigenvalue weighted by atomic mass is 79.9. The standard InChI is InChI=1S/C14H20BrNOS/c1-4-13(10-18-3)16(2)9-14(17)11-6-5-7-12(15)8-11/h5-8,13H,4,9-10H2,1-3H3. The molecule has 0 heterocycles. The van der Waals surface area contributed by atoms with Crippen molar-refractivity contribution in [3.63, 3.8) is 0 Å². The molecule has 0 bridgehead atoms. The predicted octanol–water partition coefficient (Wildman–Crippen LogP) is 3.71. The summed E-state index contributed by atoms with van der Waals surface area (Å²) in [5.41, 5.74) is 0.773. The molecular formula is C14H20BrNOS. The first kappa shape index (κ1) is 15.7. The molecule has 1 aromatic rings. The molecule has 100 valence electrons. The van der Waals surface area contributed by atoms with Crippen molar-refractivity contribution < 1.29 is 4.79 Å². The maximum Gasteiger partial charge on any atom is 0.176 e. The van der Waals surface area contributed by atoms with Gasteiger partial charge in [0.2, 0.25) is 0 Å². The fourth-order valence-corrected chi connectivity index (χ4v) is 3.13. The number of hydrogen-bond donors (Lipinski definition) is 0. The van der Waals surface area contributed by atoms with E-state index in [2.05, 4.69) is 34.0 Å². The van der Waals surface area contributed by atoms with Crippen molar-refractivity contribution in [2.24, 2.45) is 0 Å². The molecule has 0 saturated heterocycles. The second kappa shape index (κ2) is 7.97. The third kappa shape index (κ3) is 4.75. The topological polar surface area (TPSA) is 20.3 Å². The minimum absolute atomic E-state index is 0.179. The molecule has 0 radical (unpaired) electrons. The summed E-state index contributed by atoms with van der Waals surface area (Å²) in [7, 11) is 2.03. The summed E-state index contributed by atoms with van der Waals surface area (Å²) in [6, 6.07) is 8.05. The molecule has 0 aliphatic carbocycles. The van der Waals surface area contributed by atoms with Crippen LogP contribution in [0.15, 0.2) is 28.7 Å². The van der Waals surface area contributed by atoms with E-state index in [-0.39, 0.29) is 5.78 Å². The van der Waals surface area contributed by atoms with E-state index in [1.165, 1.54) is 0 Å². The fourth-order valence-electron chi connectivity index (χ4n) is 1.86. The van der Waals surface area contributed by atoms with Gasteiger partial charge in [-0.05, 0) is 31.9 Å². The van der Waals surface area contributed by atoms with Crippen LogP contribution in [0.5, 0.6) is 0 Å². The zero-order valence-electron chi connectivity index (χ0n) is 11.1. The summed E-state index contributed by atoms with van der Waals surface area (Å²) in [6.07, 6.45) is 3.18. The Morgan fingerprint density at radius 1 is 1.50 bits per heavy atom. The van der Waals surface area contributed by atoms with Gasteiger partial charge in [0.15, 0.2) is 5.78 Å². The highest BCUT2D eigenvalue weighted by molar-refractivity contribution is 9.10. The van der Waals surface area contributed by atoms with Crippen LogP contribution in [0.4, 0.5) is 0 Å². The minimum Gasteiger partial charge on any atom is -0.295 e. The lowest BCUT2D eigenvalue weighted by molar-refractivity contribution is 0.0925. The number of thioether (sulfide) groups is 1. The minimum atomic E-state index is 0.179. The van der Waals surface area contributed by atoms with Gasteiger partial charge in [-0.1, -0.05) is 35.0 Å².